The van der Waals surface area contributed by atoms with Gasteiger partial charge in [0, 0.05) is 24.3 Å². The van der Waals surface area contributed by atoms with Gasteiger partial charge in [0.15, 0.2) is 0 Å². The second-order valence-electron chi connectivity index (χ2n) is 6.53. The highest BCUT2D eigenvalue weighted by molar-refractivity contribution is 7.92. The van der Waals surface area contributed by atoms with Crippen molar-refractivity contribution in [2.24, 2.45) is 0 Å². The Labute approximate surface area is 159 Å². The molecule has 2 aromatic carbocycles. The summed E-state index contributed by atoms with van der Waals surface area (Å²) in [4.78, 5) is 14.6. The van der Waals surface area contributed by atoms with Gasteiger partial charge in [0.1, 0.15) is 0 Å². The van der Waals surface area contributed by atoms with E-state index in [2.05, 4.69) is 4.72 Å². The van der Waals surface area contributed by atoms with Crippen molar-refractivity contribution in [3.63, 3.8) is 0 Å². The lowest BCUT2D eigenvalue weighted by molar-refractivity contribution is 0.0761. The summed E-state index contributed by atoms with van der Waals surface area (Å²) in [5.74, 6) is -0.132. The Kier molecular flexibility index (Phi) is 5.77. The van der Waals surface area contributed by atoms with Crippen LogP contribution in [-0.4, -0.2) is 32.3 Å². The predicted octanol–water partition coefficient (Wildman–Crippen LogP) is 3.38. The highest BCUT2D eigenvalue weighted by Crippen LogP contribution is 2.19. The summed E-state index contributed by atoms with van der Waals surface area (Å²) in [6.45, 7) is 1.42. The van der Waals surface area contributed by atoms with Crippen molar-refractivity contribution < 1.29 is 13.2 Å². The van der Waals surface area contributed by atoms with Crippen LogP contribution >= 0.6 is 0 Å². The molecule has 0 bridgehead atoms. The van der Waals surface area contributed by atoms with E-state index in [1.54, 1.807) is 17.0 Å². The number of benzene rings is 2. The molecule has 1 aliphatic heterocycles. The van der Waals surface area contributed by atoms with Gasteiger partial charge < -0.3 is 4.90 Å². The molecule has 7 heteroatoms. The van der Waals surface area contributed by atoms with E-state index in [9.17, 15) is 13.2 Å². The summed E-state index contributed by atoms with van der Waals surface area (Å²) in [6, 6.07) is 14.2. The minimum atomic E-state index is -3.83. The first-order chi connectivity index (χ1) is 13.0. The molecular weight excluding hydrogens is 362 g/mol. The topological polar surface area (TPSA) is 90.3 Å². The standard InChI is InChI=1S/C20H21N3O3S/c21-15-16-8-10-18(11-9-16)22-27(25,26)19-7-5-6-17(14-19)20(24)23-12-3-1-2-4-13-23/h5-11,14,22H,1-4,12-13H2. The SMILES string of the molecule is N#Cc1ccc(NS(=O)(=O)c2cccc(C(=O)N3CCCCCC3)c2)cc1. The Morgan fingerprint density at radius 3 is 2.30 bits per heavy atom. The monoisotopic (exact) mass is 383 g/mol. The third kappa shape index (κ3) is 4.66. The molecule has 6 nitrogen and oxygen atoms in total. The van der Waals surface area contributed by atoms with Gasteiger partial charge in [-0.05, 0) is 55.3 Å². The van der Waals surface area contributed by atoms with Crippen LogP contribution in [0.1, 0.15) is 41.6 Å². The van der Waals surface area contributed by atoms with E-state index < -0.39 is 10.0 Å². The molecule has 2 aromatic rings. The number of nitriles is 1. The molecule has 140 valence electrons. The van der Waals surface area contributed by atoms with Crippen LogP contribution < -0.4 is 4.72 Å². The van der Waals surface area contributed by atoms with E-state index in [-0.39, 0.29) is 10.8 Å². The lowest BCUT2D eigenvalue weighted by atomic mass is 10.2. The first-order valence-corrected chi connectivity index (χ1v) is 10.4. The zero-order chi connectivity index (χ0) is 19.3. The molecule has 0 spiro atoms. The first kappa shape index (κ1) is 18.9. The van der Waals surface area contributed by atoms with Crippen molar-refractivity contribution in [3.8, 4) is 6.07 Å². The first-order valence-electron chi connectivity index (χ1n) is 8.92. The number of anilines is 1. The molecule has 1 N–H and O–H groups in total. The fourth-order valence-electron chi connectivity index (χ4n) is 3.08. The number of hydrogen-bond donors (Lipinski definition) is 1. The van der Waals surface area contributed by atoms with Crippen LogP contribution in [0, 0.1) is 11.3 Å². The van der Waals surface area contributed by atoms with Gasteiger partial charge in [-0.15, -0.1) is 0 Å². The molecule has 27 heavy (non-hydrogen) atoms. The molecule has 0 aromatic heterocycles. The van der Waals surface area contributed by atoms with Crippen LogP contribution in [0.5, 0.6) is 0 Å². The van der Waals surface area contributed by atoms with Gasteiger partial charge >= 0.3 is 0 Å². The largest absolute Gasteiger partial charge is 0.339 e. The van der Waals surface area contributed by atoms with Gasteiger partial charge in [-0.1, -0.05) is 18.9 Å². The highest BCUT2D eigenvalue weighted by Gasteiger charge is 2.20. The Balaban J connectivity index is 1.80. The Hall–Kier alpha value is -2.85. The van der Waals surface area contributed by atoms with E-state index in [0.29, 0.717) is 29.9 Å². The van der Waals surface area contributed by atoms with Crippen molar-refractivity contribution >= 4 is 21.6 Å². The molecule has 0 aliphatic carbocycles. The highest BCUT2D eigenvalue weighted by atomic mass is 32.2. The second-order valence-corrected chi connectivity index (χ2v) is 8.21. The lowest BCUT2D eigenvalue weighted by Crippen LogP contribution is -2.32. The fraction of sp³-hybridized carbons (Fsp3) is 0.300. The molecule has 1 fully saturated rings. The van der Waals surface area contributed by atoms with Crippen LogP contribution in [-0.2, 0) is 10.0 Å². The number of nitrogens with one attached hydrogen (secondary N) is 1. The number of hydrogen-bond acceptors (Lipinski definition) is 4. The van der Waals surface area contributed by atoms with E-state index in [0.717, 1.165) is 25.7 Å². The van der Waals surface area contributed by atoms with Crippen LogP contribution in [0.3, 0.4) is 0 Å². The van der Waals surface area contributed by atoms with Crippen LogP contribution in [0.25, 0.3) is 0 Å². The summed E-state index contributed by atoms with van der Waals surface area (Å²) in [7, 11) is -3.83. The van der Waals surface area contributed by atoms with Crippen molar-refractivity contribution in [1.82, 2.24) is 4.90 Å². The van der Waals surface area contributed by atoms with Crippen LogP contribution in [0.2, 0.25) is 0 Å². The van der Waals surface area contributed by atoms with Gasteiger partial charge in [0.25, 0.3) is 15.9 Å². The third-order valence-corrected chi connectivity index (χ3v) is 5.93. The Bertz CT molecular complexity index is 955. The molecule has 0 radical (unpaired) electrons. The van der Waals surface area contributed by atoms with E-state index in [1.165, 1.54) is 36.4 Å². The number of nitrogens with zero attached hydrogens (tertiary/aromatic N) is 2. The van der Waals surface area contributed by atoms with Gasteiger partial charge in [0.05, 0.1) is 16.5 Å². The van der Waals surface area contributed by atoms with Crippen molar-refractivity contribution in [3.05, 3.63) is 59.7 Å². The van der Waals surface area contributed by atoms with Gasteiger partial charge in [-0.3, -0.25) is 9.52 Å². The van der Waals surface area contributed by atoms with E-state index in [4.69, 9.17) is 5.26 Å². The smallest absolute Gasteiger partial charge is 0.261 e. The van der Waals surface area contributed by atoms with Crippen molar-refractivity contribution in [2.75, 3.05) is 17.8 Å². The van der Waals surface area contributed by atoms with Gasteiger partial charge in [0.2, 0.25) is 0 Å². The minimum absolute atomic E-state index is 0.0348. The summed E-state index contributed by atoms with van der Waals surface area (Å²) in [5.41, 5.74) is 1.18. The molecule has 0 saturated carbocycles. The predicted molar refractivity (Wildman–Crippen MR) is 103 cm³/mol. The normalized spacial score (nSPS) is 14.9. The molecule has 3 rings (SSSR count). The molecule has 0 atom stereocenters. The van der Waals surface area contributed by atoms with Gasteiger partial charge in [-0.2, -0.15) is 5.26 Å². The zero-order valence-electron chi connectivity index (χ0n) is 14.9. The molecule has 1 heterocycles. The molecule has 1 amide bonds. The molecule has 1 saturated heterocycles. The van der Waals surface area contributed by atoms with Crippen molar-refractivity contribution in [2.45, 2.75) is 30.6 Å². The molecular formula is C20H21N3O3S. The fourth-order valence-corrected chi connectivity index (χ4v) is 4.18. The summed E-state index contributed by atoms with van der Waals surface area (Å²) < 4.78 is 27.8. The number of carbonyl (C=O) groups is 1. The summed E-state index contributed by atoms with van der Waals surface area (Å²) in [6.07, 6.45) is 4.19. The van der Waals surface area contributed by atoms with Crippen LogP contribution in [0.4, 0.5) is 5.69 Å². The van der Waals surface area contributed by atoms with E-state index in [1.807, 2.05) is 6.07 Å². The molecule has 1 aliphatic rings. The maximum Gasteiger partial charge on any atom is 0.261 e. The summed E-state index contributed by atoms with van der Waals surface area (Å²) >= 11 is 0. The quantitative estimate of drug-likeness (QED) is 0.876. The maximum absolute atomic E-state index is 12.7. The minimum Gasteiger partial charge on any atom is -0.339 e. The molecule has 0 unspecified atom stereocenters. The number of sulfonamides is 1. The number of likely N-dealkylation sites (tertiary alicyclic amines) is 1. The van der Waals surface area contributed by atoms with Crippen LogP contribution in [0.15, 0.2) is 53.4 Å². The summed E-state index contributed by atoms with van der Waals surface area (Å²) in [5, 5.41) is 8.82. The average molecular weight is 383 g/mol. The number of amides is 1. The number of rotatable bonds is 4. The Morgan fingerprint density at radius 2 is 1.67 bits per heavy atom. The van der Waals surface area contributed by atoms with E-state index >= 15 is 0 Å². The van der Waals surface area contributed by atoms with Crippen molar-refractivity contribution in [1.29, 1.82) is 5.26 Å². The maximum atomic E-state index is 12.7. The second kappa shape index (κ2) is 8.23. The lowest BCUT2D eigenvalue weighted by Gasteiger charge is -2.20. The third-order valence-electron chi connectivity index (χ3n) is 4.55. The van der Waals surface area contributed by atoms with Gasteiger partial charge in [-0.25, -0.2) is 8.42 Å². The Morgan fingerprint density at radius 1 is 1.00 bits per heavy atom. The zero-order valence-corrected chi connectivity index (χ0v) is 15.7. The number of carbonyl (C=O) groups excluding carboxylic acids is 1. The average Bonchev–Trinajstić information content (AvgIpc) is 2.97.